The number of anilines is 1. The van der Waals surface area contributed by atoms with Crippen molar-refractivity contribution in [1.82, 2.24) is 9.47 Å². The second kappa shape index (κ2) is 6.05. The number of pyridine rings is 1. The summed E-state index contributed by atoms with van der Waals surface area (Å²) < 4.78 is 1.46. The van der Waals surface area contributed by atoms with Gasteiger partial charge >= 0.3 is 0 Å². The molecule has 2 heterocycles. The topological polar surface area (TPSA) is 54.3 Å². The number of hydrogen-bond donors (Lipinski definition) is 1. The first-order valence-electron chi connectivity index (χ1n) is 7.41. The van der Waals surface area contributed by atoms with E-state index in [1.165, 1.54) is 10.6 Å². The molecule has 1 aromatic carbocycles. The number of nitrogens with zero attached hydrogens (tertiary/aromatic N) is 2. The zero-order chi connectivity index (χ0) is 15.5. The number of rotatable bonds is 3. The zero-order valence-electron chi connectivity index (χ0n) is 12.5. The largest absolute Gasteiger partial charge is 0.380 e. The molecule has 114 valence electrons. The number of carbonyl (C=O) groups is 1. The van der Waals surface area contributed by atoms with Crippen molar-refractivity contribution in [2.45, 2.75) is 12.5 Å². The molecule has 1 atom stereocenters. The quantitative estimate of drug-likeness (QED) is 0.938. The van der Waals surface area contributed by atoms with Crippen LogP contribution in [-0.4, -0.2) is 34.5 Å². The highest BCUT2D eigenvalue weighted by Crippen LogP contribution is 2.17. The van der Waals surface area contributed by atoms with E-state index in [2.05, 4.69) is 5.32 Å². The third-order valence-electron chi connectivity index (χ3n) is 3.97. The van der Waals surface area contributed by atoms with Crippen LogP contribution in [-0.2, 0) is 7.05 Å². The molecule has 3 rings (SSSR count). The Balaban J connectivity index is 1.65. The Morgan fingerprint density at radius 1 is 1.23 bits per heavy atom. The summed E-state index contributed by atoms with van der Waals surface area (Å²) in [7, 11) is 1.67. The average molecular weight is 297 g/mol. The first-order chi connectivity index (χ1) is 10.6. The number of aryl methyl sites for hydroxylation is 1. The van der Waals surface area contributed by atoms with Gasteiger partial charge in [0.25, 0.3) is 11.5 Å². The fourth-order valence-electron chi connectivity index (χ4n) is 2.70. The fourth-order valence-corrected chi connectivity index (χ4v) is 2.70. The summed E-state index contributed by atoms with van der Waals surface area (Å²) in [5, 5.41) is 3.44. The van der Waals surface area contributed by atoms with Crippen molar-refractivity contribution in [3.8, 4) is 0 Å². The van der Waals surface area contributed by atoms with Crippen LogP contribution in [0, 0.1) is 0 Å². The minimum atomic E-state index is -0.163. The summed E-state index contributed by atoms with van der Waals surface area (Å²) in [6.45, 7) is 1.36. The molecule has 2 aromatic rings. The second-order valence-corrected chi connectivity index (χ2v) is 5.61. The van der Waals surface area contributed by atoms with Crippen LogP contribution in [0.3, 0.4) is 0 Å². The molecule has 1 N–H and O–H groups in total. The molecule has 1 aromatic heterocycles. The average Bonchev–Trinajstić information content (AvgIpc) is 2.99. The van der Waals surface area contributed by atoms with Crippen molar-refractivity contribution in [1.29, 1.82) is 0 Å². The smallest absolute Gasteiger partial charge is 0.254 e. The molecule has 0 aliphatic carbocycles. The van der Waals surface area contributed by atoms with Gasteiger partial charge in [0, 0.05) is 49.7 Å². The van der Waals surface area contributed by atoms with Crippen LogP contribution in [0.1, 0.15) is 16.8 Å². The summed E-state index contributed by atoms with van der Waals surface area (Å²) in [6, 6.07) is 13.3. The number of para-hydroxylation sites is 1. The Labute approximate surface area is 129 Å². The predicted octanol–water partition coefficient (Wildman–Crippen LogP) is 1.71. The number of hydrogen-bond acceptors (Lipinski definition) is 3. The predicted molar refractivity (Wildman–Crippen MR) is 86.1 cm³/mol. The minimum absolute atomic E-state index is 0.0740. The molecule has 1 amide bonds. The van der Waals surface area contributed by atoms with Gasteiger partial charge in [-0.25, -0.2) is 0 Å². The highest BCUT2D eigenvalue weighted by molar-refractivity contribution is 5.94. The van der Waals surface area contributed by atoms with Gasteiger partial charge in [0.2, 0.25) is 0 Å². The normalized spacial score (nSPS) is 17.5. The molecule has 0 bridgehead atoms. The molecule has 1 aliphatic heterocycles. The number of amides is 1. The van der Waals surface area contributed by atoms with E-state index in [4.69, 9.17) is 0 Å². The lowest BCUT2D eigenvalue weighted by Crippen LogP contribution is -2.32. The molecule has 22 heavy (non-hydrogen) atoms. The van der Waals surface area contributed by atoms with Crippen molar-refractivity contribution in [2.24, 2.45) is 7.05 Å². The van der Waals surface area contributed by atoms with Gasteiger partial charge < -0.3 is 14.8 Å². The lowest BCUT2D eigenvalue weighted by atomic mass is 10.2. The molecule has 0 spiro atoms. The van der Waals surface area contributed by atoms with Gasteiger partial charge in [-0.05, 0) is 24.6 Å². The Morgan fingerprint density at radius 2 is 2.00 bits per heavy atom. The monoisotopic (exact) mass is 297 g/mol. The molecule has 5 nitrogen and oxygen atoms in total. The summed E-state index contributed by atoms with van der Waals surface area (Å²) in [5.74, 6) is -0.0740. The molecule has 1 fully saturated rings. The highest BCUT2D eigenvalue weighted by Gasteiger charge is 2.27. The van der Waals surface area contributed by atoms with Crippen LogP contribution >= 0.6 is 0 Å². The molecule has 0 saturated carbocycles. The zero-order valence-corrected chi connectivity index (χ0v) is 12.5. The molecule has 1 saturated heterocycles. The van der Waals surface area contributed by atoms with Gasteiger partial charge in [0.1, 0.15) is 0 Å². The number of nitrogens with one attached hydrogen (secondary N) is 1. The maximum Gasteiger partial charge on any atom is 0.254 e. The van der Waals surface area contributed by atoms with E-state index in [1.54, 1.807) is 24.2 Å². The van der Waals surface area contributed by atoms with Crippen molar-refractivity contribution in [2.75, 3.05) is 18.4 Å². The second-order valence-electron chi connectivity index (χ2n) is 5.61. The van der Waals surface area contributed by atoms with Crippen molar-refractivity contribution < 1.29 is 4.79 Å². The first-order valence-corrected chi connectivity index (χ1v) is 7.41. The van der Waals surface area contributed by atoms with Gasteiger partial charge in [-0.3, -0.25) is 9.59 Å². The number of carbonyl (C=O) groups excluding carboxylic acids is 1. The van der Waals surface area contributed by atoms with Gasteiger partial charge in [-0.1, -0.05) is 18.2 Å². The van der Waals surface area contributed by atoms with Crippen molar-refractivity contribution in [3.63, 3.8) is 0 Å². The van der Waals surface area contributed by atoms with E-state index in [0.717, 1.165) is 12.1 Å². The van der Waals surface area contributed by atoms with Crippen LogP contribution < -0.4 is 10.9 Å². The highest BCUT2D eigenvalue weighted by atomic mass is 16.2. The Morgan fingerprint density at radius 3 is 2.73 bits per heavy atom. The molecule has 0 unspecified atom stereocenters. The Kier molecular flexibility index (Phi) is 3.96. The summed E-state index contributed by atoms with van der Waals surface area (Å²) >= 11 is 0. The Hall–Kier alpha value is -2.56. The van der Waals surface area contributed by atoms with Crippen LogP contribution in [0.25, 0.3) is 0 Å². The number of aromatic nitrogens is 1. The standard InChI is InChI=1S/C17H19N3O2/c1-19-9-7-13(11-16(19)21)17(22)20-10-8-15(12-20)18-14-5-3-2-4-6-14/h2-7,9,11,15,18H,8,10,12H2,1H3/t15-/m1/s1. The van der Waals surface area contributed by atoms with Crippen LogP contribution in [0.4, 0.5) is 5.69 Å². The first kappa shape index (κ1) is 14.4. The minimum Gasteiger partial charge on any atom is -0.380 e. The lowest BCUT2D eigenvalue weighted by molar-refractivity contribution is 0.0791. The van der Waals surface area contributed by atoms with Gasteiger partial charge in [0.05, 0.1) is 0 Å². The van der Waals surface area contributed by atoms with Crippen LogP contribution in [0.2, 0.25) is 0 Å². The van der Waals surface area contributed by atoms with Crippen LogP contribution in [0.15, 0.2) is 53.5 Å². The maximum absolute atomic E-state index is 12.5. The molecule has 5 heteroatoms. The Bertz CT molecular complexity index is 724. The summed E-state index contributed by atoms with van der Waals surface area (Å²) in [4.78, 5) is 25.9. The molecule has 0 radical (unpaired) electrons. The van der Waals surface area contributed by atoms with E-state index in [-0.39, 0.29) is 17.5 Å². The maximum atomic E-state index is 12.5. The van der Waals surface area contributed by atoms with E-state index < -0.39 is 0 Å². The van der Waals surface area contributed by atoms with Gasteiger partial charge in [-0.2, -0.15) is 0 Å². The SMILES string of the molecule is Cn1ccc(C(=O)N2CC[C@@H](Nc3ccccc3)C2)cc1=O. The summed E-state index contributed by atoms with van der Waals surface area (Å²) in [6.07, 6.45) is 2.54. The summed E-state index contributed by atoms with van der Waals surface area (Å²) in [5.41, 5.74) is 1.36. The van der Waals surface area contributed by atoms with E-state index in [1.807, 2.05) is 30.3 Å². The fraction of sp³-hybridized carbons (Fsp3) is 0.294. The number of benzene rings is 1. The molecular weight excluding hydrogens is 278 g/mol. The van der Waals surface area contributed by atoms with Crippen molar-refractivity contribution >= 4 is 11.6 Å². The third-order valence-corrected chi connectivity index (χ3v) is 3.97. The number of likely N-dealkylation sites (tertiary alicyclic amines) is 1. The lowest BCUT2D eigenvalue weighted by Gasteiger charge is -2.18. The van der Waals surface area contributed by atoms with E-state index >= 15 is 0 Å². The molecular formula is C17H19N3O2. The van der Waals surface area contributed by atoms with E-state index in [9.17, 15) is 9.59 Å². The third kappa shape index (κ3) is 3.03. The van der Waals surface area contributed by atoms with E-state index in [0.29, 0.717) is 18.7 Å². The van der Waals surface area contributed by atoms with Gasteiger partial charge in [-0.15, -0.1) is 0 Å². The van der Waals surface area contributed by atoms with Gasteiger partial charge in [0.15, 0.2) is 0 Å². The van der Waals surface area contributed by atoms with Crippen molar-refractivity contribution in [3.05, 3.63) is 64.6 Å². The van der Waals surface area contributed by atoms with Crippen LogP contribution in [0.5, 0.6) is 0 Å². The molecule has 1 aliphatic rings.